The Balaban J connectivity index is 1.56. The number of hydrogen-bond acceptors (Lipinski definition) is 4. The topological polar surface area (TPSA) is 51.2 Å². The van der Waals surface area contributed by atoms with Crippen LogP contribution in [0.2, 0.25) is 0 Å². The molecule has 0 aliphatic carbocycles. The average molecular weight is 340 g/mol. The summed E-state index contributed by atoms with van der Waals surface area (Å²) in [5.74, 6) is 0.695. The van der Waals surface area contributed by atoms with Gasteiger partial charge in [0, 0.05) is 5.56 Å². The molecule has 3 aromatic rings. The van der Waals surface area contributed by atoms with E-state index in [0.717, 1.165) is 33.8 Å². The van der Waals surface area contributed by atoms with E-state index in [2.05, 4.69) is 17.2 Å². The Hall–Kier alpha value is -2.40. The summed E-state index contributed by atoms with van der Waals surface area (Å²) < 4.78 is 6.74. The van der Waals surface area contributed by atoms with Crippen LogP contribution in [0.25, 0.3) is 10.2 Å². The van der Waals surface area contributed by atoms with Crippen molar-refractivity contribution < 1.29 is 9.53 Å². The number of nitrogens with one attached hydrogen (secondary N) is 1. The number of aromatic nitrogens is 1. The van der Waals surface area contributed by atoms with Gasteiger partial charge in [0.25, 0.3) is 5.91 Å². The predicted octanol–water partition coefficient (Wildman–Crippen LogP) is 4.41. The standard InChI is InChI=1S/C19H20N2O2S/c1-2-3-12-23-15-10-8-14(9-11-15)19(22)20-13-18-21-16-6-4-5-7-17(16)24-18/h4-11H,2-3,12-13H2,1H3,(H,20,22). The minimum absolute atomic E-state index is 0.102. The quantitative estimate of drug-likeness (QED) is 0.648. The summed E-state index contributed by atoms with van der Waals surface area (Å²) in [6, 6.07) is 15.2. The van der Waals surface area contributed by atoms with Gasteiger partial charge in [0.2, 0.25) is 0 Å². The van der Waals surface area contributed by atoms with Crippen LogP contribution < -0.4 is 10.1 Å². The smallest absolute Gasteiger partial charge is 0.251 e. The molecule has 0 bridgehead atoms. The van der Waals surface area contributed by atoms with Crippen molar-refractivity contribution in [3.63, 3.8) is 0 Å². The van der Waals surface area contributed by atoms with Crippen LogP contribution in [-0.4, -0.2) is 17.5 Å². The molecule has 1 amide bonds. The van der Waals surface area contributed by atoms with Gasteiger partial charge in [-0.1, -0.05) is 25.5 Å². The lowest BCUT2D eigenvalue weighted by Gasteiger charge is -2.07. The fraction of sp³-hybridized carbons (Fsp3) is 0.263. The molecule has 0 unspecified atom stereocenters. The van der Waals surface area contributed by atoms with E-state index in [9.17, 15) is 4.79 Å². The van der Waals surface area contributed by atoms with E-state index in [1.165, 1.54) is 0 Å². The van der Waals surface area contributed by atoms with Crippen LogP contribution in [0.3, 0.4) is 0 Å². The maximum Gasteiger partial charge on any atom is 0.251 e. The summed E-state index contributed by atoms with van der Waals surface area (Å²) in [6.45, 7) is 3.27. The second-order valence-electron chi connectivity index (χ2n) is 5.48. The first-order chi connectivity index (χ1) is 11.8. The van der Waals surface area contributed by atoms with E-state index >= 15 is 0 Å². The van der Waals surface area contributed by atoms with Gasteiger partial charge in [-0.15, -0.1) is 11.3 Å². The van der Waals surface area contributed by atoms with Crippen molar-refractivity contribution in [2.75, 3.05) is 6.61 Å². The lowest BCUT2D eigenvalue weighted by molar-refractivity contribution is 0.0951. The normalized spacial score (nSPS) is 10.7. The Morgan fingerprint density at radius 2 is 1.96 bits per heavy atom. The SMILES string of the molecule is CCCCOc1ccc(C(=O)NCc2nc3ccccc3s2)cc1. The Morgan fingerprint density at radius 1 is 1.17 bits per heavy atom. The minimum Gasteiger partial charge on any atom is -0.494 e. The van der Waals surface area contributed by atoms with Crippen molar-refractivity contribution >= 4 is 27.5 Å². The monoisotopic (exact) mass is 340 g/mol. The lowest BCUT2D eigenvalue weighted by atomic mass is 10.2. The van der Waals surface area contributed by atoms with Gasteiger partial charge in [-0.3, -0.25) is 4.79 Å². The van der Waals surface area contributed by atoms with Gasteiger partial charge in [-0.25, -0.2) is 4.98 Å². The molecule has 124 valence electrons. The third-order valence-electron chi connectivity index (χ3n) is 3.62. The first-order valence-corrected chi connectivity index (χ1v) is 8.93. The van der Waals surface area contributed by atoms with Crippen molar-refractivity contribution in [1.29, 1.82) is 0 Å². The highest BCUT2D eigenvalue weighted by molar-refractivity contribution is 7.18. The zero-order valence-electron chi connectivity index (χ0n) is 13.6. The number of thiazole rings is 1. The molecule has 0 fully saturated rings. The molecule has 24 heavy (non-hydrogen) atoms. The number of ether oxygens (including phenoxy) is 1. The van der Waals surface area contributed by atoms with Gasteiger partial charge in [0.05, 0.1) is 23.4 Å². The fourth-order valence-electron chi connectivity index (χ4n) is 2.29. The highest BCUT2D eigenvalue weighted by Gasteiger charge is 2.08. The molecule has 1 aromatic heterocycles. The Kier molecular flexibility index (Phi) is 5.43. The Morgan fingerprint density at radius 3 is 2.71 bits per heavy atom. The van der Waals surface area contributed by atoms with Crippen LogP contribution in [-0.2, 0) is 6.54 Å². The summed E-state index contributed by atoms with van der Waals surface area (Å²) in [6.07, 6.45) is 2.14. The molecule has 0 aliphatic heterocycles. The van der Waals surface area contributed by atoms with Gasteiger partial charge in [-0.2, -0.15) is 0 Å². The van der Waals surface area contributed by atoms with E-state index in [4.69, 9.17) is 4.74 Å². The number of unbranched alkanes of at least 4 members (excludes halogenated alkanes) is 1. The second kappa shape index (κ2) is 7.93. The van der Waals surface area contributed by atoms with Crippen LogP contribution >= 0.6 is 11.3 Å². The van der Waals surface area contributed by atoms with Crippen molar-refractivity contribution in [3.8, 4) is 5.75 Å². The van der Waals surface area contributed by atoms with Crippen LogP contribution in [0, 0.1) is 0 Å². The molecule has 4 nitrogen and oxygen atoms in total. The van der Waals surface area contributed by atoms with Crippen molar-refractivity contribution in [3.05, 3.63) is 59.1 Å². The first-order valence-electron chi connectivity index (χ1n) is 8.12. The van der Waals surface area contributed by atoms with E-state index in [-0.39, 0.29) is 5.91 Å². The van der Waals surface area contributed by atoms with Crippen LogP contribution in [0.1, 0.15) is 35.1 Å². The van der Waals surface area contributed by atoms with Gasteiger partial charge < -0.3 is 10.1 Å². The van der Waals surface area contributed by atoms with Gasteiger partial charge >= 0.3 is 0 Å². The third-order valence-corrected chi connectivity index (χ3v) is 4.66. The number of benzene rings is 2. The highest BCUT2D eigenvalue weighted by Crippen LogP contribution is 2.21. The molecule has 0 atom stereocenters. The van der Waals surface area contributed by atoms with Crippen molar-refractivity contribution in [2.24, 2.45) is 0 Å². The Labute approximate surface area is 145 Å². The molecule has 2 aromatic carbocycles. The second-order valence-corrected chi connectivity index (χ2v) is 6.60. The van der Waals surface area contributed by atoms with Crippen molar-refractivity contribution in [2.45, 2.75) is 26.3 Å². The van der Waals surface area contributed by atoms with Gasteiger partial charge in [0.15, 0.2) is 0 Å². The molecule has 0 radical (unpaired) electrons. The number of para-hydroxylation sites is 1. The maximum absolute atomic E-state index is 12.2. The van der Waals surface area contributed by atoms with E-state index in [1.807, 2.05) is 36.4 Å². The molecule has 1 heterocycles. The fourth-order valence-corrected chi connectivity index (χ4v) is 3.20. The molecule has 1 N–H and O–H groups in total. The van der Waals surface area contributed by atoms with Gasteiger partial charge in [-0.05, 0) is 42.8 Å². The highest BCUT2D eigenvalue weighted by atomic mass is 32.1. The number of nitrogens with zero attached hydrogens (tertiary/aromatic N) is 1. The minimum atomic E-state index is -0.102. The van der Waals surface area contributed by atoms with E-state index in [0.29, 0.717) is 18.7 Å². The van der Waals surface area contributed by atoms with E-state index in [1.54, 1.807) is 23.5 Å². The summed E-state index contributed by atoms with van der Waals surface area (Å²) >= 11 is 1.60. The molecule has 0 saturated carbocycles. The third kappa shape index (κ3) is 4.11. The summed E-state index contributed by atoms with van der Waals surface area (Å²) in [4.78, 5) is 16.7. The van der Waals surface area contributed by atoms with Gasteiger partial charge in [0.1, 0.15) is 10.8 Å². The number of rotatable bonds is 7. The predicted molar refractivity (Wildman–Crippen MR) is 97.6 cm³/mol. The molecule has 0 aliphatic rings. The zero-order chi connectivity index (χ0) is 16.8. The van der Waals surface area contributed by atoms with Crippen molar-refractivity contribution in [1.82, 2.24) is 10.3 Å². The average Bonchev–Trinajstić information content (AvgIpc) is 3.03. The number of carbonyl (C=O) groups excluding carboxylic acids is 1. The van der Waals surface area contributed by atoms with Crippen LogP contribution in [0.15, 0.2) is 48.5 Å². The van der Waals surface area contributed by atoms with Crippen LogP contribution in [0.5, 0.6) is 5.75 Å². The van der Waals surface area contributed by atoms with Crippen LogP contribution in [0.4, 0.5) is 0 Å². The molecular weight excluding hydrogens is 320 g/mol. The molecule has 0 saturated heterocycles. The van der Waals surface area contributed by atoms with E-state index < -0.39 is 0 Å². The summed E-state index contributed by atoms with van der Waals surface area (Å²) in [5, 5.41) is 3.82. The summed E-state index contributed by atoms with van der Waals surface area (Å²) in [5.41, 5.74) is 1.60. The number of carbonyl (C=O) groups is 1. The zero-order valence-corrected chi connectivity index (χ0v) is 14.4. The molecule has 5 heteroatoms. The number of fused-ring (bicyclic) bond motifs is 1. The lowest BCUT2D eigenvalue weighted by Crippen LogP contribution is -2.22. The maximum atomic E-state index is 12.2. The first kappa shape index (κ1) is 16.5. The summed E-state index contributed by atoms with van der Waals surface area (Å²) in [7, 11) is 0. The largest absolute Gasteiger partial charge is 0.494 e. The number of amides is 1. The molecule has 3 rings (SSSR count). The Bertz CT molecular complexity index is 779. The number of hydrogen-bond donors (Lipinski definition) is 1. The molecule has 0 spiro atoms. The molecular formula is C19H20N2O2S.